The molecule has 184 valence electrons. The van der Waals surface area contributed by atoms with Crippen molar-refractivity contribution in [2.24, 2.45) is 0 Å². The van der Waals surface area contributed by atoms with Gasteiger partial charge in [0, 0.05) is 18.6 Å². The van der Waals surface area contributed by atoms with Gasteiger partial charge in [0.25, 0.3) is 0 Å². The Bertz CT molecular complexity index is 869. The Kier molecular flexibility index (Phi) is 9.52. The number of carbonyl (C=O) groups is 1. The van der Waals surface area contributed by atoms with E-state index in [1.807, 2.05) is 60.6 Å². The molecule has 0 aromatic heterocycles. The Morgan fingerprint density at radius 3 is 1.33 bits per heavy atom. The maximum absolute atomic E-state index is 11.8. The van der Waals surface area contributed by atoms with Crippen molar-refractivity contribution in [2.75, 3.05) is 13.2 Å². The lowest BCUT2D eigenvalue weighted by molar-refractivity contribution is -0.138. The predicted molar refractivity (Wildman–Crippen MR) is 131 cm³/mol. The van der Waals surface area contributed by atoms with Crippen LogP contribution >= 0.6 is 0 Å². The molecule has 0 saturated carbocycles. The summed E-state index contributed by atoms with van der Waals surface area (Å²) in [5.41, 5.74) is 1.82. The first-order chi connectivity index (χ1) is 15.1. The number of carboxylic acids is 1. The Morgan fingerprint density at radius 2 is 1.09 bits per heavy atom. The van der Waals surface area contributed by atoms with Crippen LogP contribution in [0.15, 0.2) is 36.4 Å². The molecule has 0 radical (unpaired) electrons. The summed E-state index contributed by atoms with van der Waals surface area (Å²) in [7, 11) is 0. The van der Waals surface area contributed by atoms with E-state index in [1.54, 1.807) is 24.3 Å². The molecular weight excluding hydrogens is 420 g/mol. The fourth-order valence-corrected chi connectivity index (χ4v) is 3.70. The number of hydrogen-bond acceptors (Lipinski definition) is 5. The summed E-state index contributed by atoms with van der Waals surface area (Å²) in [6, 6.07) is 10.7. The summed E-state index contributed by atoms with van der Waals surface area (Å²) >= 11 is 0. The van der Waals surface area contributed by atoms with Gasteiger partial charge >= 0.3 is 5.97 Å². The van der Waals surface area contributed by atoms with Crippen LogP contribution in [0, 0.1) is 0 Å². The van der Waals surface area contributed by atoms with Crippen LogP contribution in [0.3, 0.4) is 0 Å². The van der Waals surface area contributed by atoms with E-state index in [4.69, 9.17) is 10.2 Å². The number of aromatic hydroxyl groups is 2. The van der Waals surface area contributed by atoms with Crippen LogP contribution in [0.2, 0.25) is 0 Å². The molecule has 2 aromatic carbocycles. The van der Waals surface area contributed by atoms with Crippen LogP contribution in [0.25, 0.3) is 0 Å². The van der Waals surface area contributed by atoms with Gasteiger partial charge in [0.2, 0.25) is 0 Å². The van der Waals surface area contributed by atoms with Crippen LogP contribution in [0.1, 0.15) is 83.6 Å². The molecule has 0 saturated heterocycles. The number of phenols is 2. The average Bonchev–Trinajstić information content (AvgIpc) is 2.67. The van der Waals surface area contributed by atoms with Gasteiger partial charge in [-0.05, 0) is 51.6 Å². The minimum atomic E-state index is -0.904. The highest BCUT2D eigenvalue weighted by atomic mass is 16.4. The second kappa shape index (κ2) is 11.0. The second-order valence-corrected chi connectivity index (χ2v) is 10.7. The molecule has 0 aliphatic carbocycles. The number of hydrogen-bond donors (Lipinski definition) is 5. The van der Waals surface area contributed by atoms with Crippen LogP contribution < -0.4 is 0 Å². The van der Waals surface area contributed by atoms with Crippen molar-refractivity contribution >= 4 is 5.97 Å². The van der Waals surface area contributed by atoms with E-state index in [1.165, 1.54) is 0 Å². The first-order valence-corrected chi connectivity index (χ1v) is 11.2. The monoisotopic (exact) mass is 460 g/mol. The van der Waals surface area contributed by atoms with Crippen LogP contribution in [0.5, 0.6) is 11.5 Å². The lowest BCUT2D eigenvalue weighted by Crippen LogP contribution is -2.28. The summed E-state index contributed by atoms with van der Waals surface area (Å²) in [6.45, 7) is 14.2. The number of aliphatic hydroxyl groups excluding tert-OH is 2. The van der Waals surface area contributed by atoms with Crippen molar-refractivity contribution in [3.05, 3.63) is 58.7 Å². The highest BCUT2D eigenvalue weighted by Crippen LogP contribution is 2.42. The number of benzene rings is 2. The lowest BCUT2D eigenvalue weighted by atomic mass is 9.70. The quantitative estimate of drug-likeness (QED) is 0.421. The van der Waals surface area contributed by atoms with Gasteiger partial charge in [-0.2, -0.15) is 0 Å². The maximum atomic E-state index is 11.8. The number of phenolic OH excluding ortho intramolecular Hbond substituents is 2. The van der Waals surface area contributed by atoms with Crippen molar-refractivity contribution in [3.8, 4) is 11.5 Å². The highest BCUT2D eigenvalue weighted by molar-refractivity contribution is 5.71. The van der Waals surface area contributed by atoms with Crippen molar-refractivity contribution < 1.29 is 30.3 Å². The van der Waals surface area contributed by atoms with E-state index in [-0.39, 0.29) is 42.0 Å². The number of aliphatic carboxylic acids is 1. The average molecular weight is 461 g/mol. The third-order valence-corrected chi connectivity index (χ3v) is 5.70. The summed E-state index contributed by atoms with van der Waals surface area (Å²) in [6.07, 6.45) is 0.399. The zero-order valence-electron chi connectivity index (χ0n) is 20.9. The topological polar surface area (TPSA) is 118 Å². The molecule has 0 amide bonds. The van der Waals surface area contributed by atoms with Gasteiger partial charge in [0.1, 0.15) is 11.5 Å². The maximum Gasteiger partial charge on any atom is 0.304 e. The van der Waals surface area contributed by atoms with E-state index >= 15 is 0 Å². The highest BCUT2D eigenvalue weighted by Gasteiger charge is 2.34. The summed E-state index contributed by atoms with van der Waals surface area (Å²) in [5, 5.41) is 46.1. The molecule has 6 heteroatoms. The number of carboxylic acid groups (broad SMARTS) is 1. The Balaban J connectivity index is 0.000000981. The smallest absolute Gasteiger partial charge is 0.304 e. The van der Waals surface area contributed by atoms with E-state index in [9.17, 15) is 20.1 Å². The largest absolute Gasteiger partial charge is 0.508 e. The first kappa shape index (κ1) is 28.5. The Hall–Kier alpha value is -2.57. The molecule has 2 rings (SSSR count). The van der Waals surface area contributed by atoms with Gasteiger partial charge in [-0.3, -0.25) is 4.79 Å². The minimum Gasteiger partial charge on any atom is -0.508 e. The standard InChI is InChI=1S/C24H32O4.C3H8O2/c1-22(2,3)17-12-15(8-10-19(17)25)24(7,14-21(27)28)16-9-11-20(26)18(13-16)23(4,5)6;4-2-1-3-5/h8-13,25-26H,14H2,1-7H3,(H,27,28);4-5H,1-3H2. The summed E-state index contributed by atoms with van der Waals surface area (Å²) < 4.78 is 0. The van der Waals surface area contributed by atoms with Gasteiger partial charge in [0.05, 0.1) is 6.42 Å². The molecule has 0 aliphatic heterocycles. The Morgan fingerprint density at radius 1 is 0.727 bits per heavy atom. The van der Waals surface area contributed by atoms with Crippen LogP contribution in [-0.4, -0.2) is 44.7 Å². The van der Waals surface area contributed by atoms with E-state index in [0.29, 0.717) is 6.42 Å². The minimum absolute atomic E-state index is 0.0938. The fourth-order valence-electron chi connectivity index (χ4n) is 3.70. The SMILES string of the molecule is CC(C)(C)c1cc(C(C)(CC(=O)O)c2ccc(O)c(C(C)(C)C)c2)ccc1O.OCCCO. The van der Waals surface area contributed by atoms with Crippen LogP contribution in [-0.2, 0) is 21.0 Å². The van der Waals surface area contributed by atoms with E-state index in [0.717, 1.165) is 22.3 Å². The van der Waals surface area contributed by atoms with Gasteiger partial charge in [-0.15, -0.1) is 0 Å². The normalized spacial score (nSPS) is 12.2. The zero-order chi connectivity index (χ0) is 25.6. The van der Waals surface area contributed by atoms with E-state index in [2.05, 4.69) is 0 Å². The van der Waals surface area contributed by atoms with Crippen molar-refractivity contribution in [3.63, 3.8) is 0 Å². The molecule has 33 heavy (non-hydrogen) atoms. The predicted octanol–water partition coefficient (Wildman–Crippen LogP) is 4.83. The molecular formula is C27H40O6. The molecule has 0 aliphatic rings. The van der Waals surface area contributed by atoms with Crippen LogP contribution in [0.4, 0.5) is 0 Å². The van der Waals surface area contributed by atoms with Gasteiger partial charge in [0.15, 0.2) is 0 Å². The molecule has 6 nitrogen and oxygen atoms in total. The molecule has 2 aromatic rings. The van der Waals surface area contributed by atoms with Crippen molar-refractivity contribution in [1.82, 2.24) is 0 Å². The summed E-state index contributed by atoms with van der Waals surface area (Å²) in [5.74, 6) is -0.497. The molecule has 0 unspecified atom stereocenters. The molecule has 5 N–H and O–H groups in total. The molecule has 0 fully saturated rings. The molecule has 0 heterocycles. The van der Waals surface area contributed by atoms with Crippen molar-refractivity contribution in [1.29, 1.82) is 0 Å². The molecule has 0 atom stereocenters. The zero-order valence-corrected chi connectivity index (χ0v) is 20.9. The third-order valence-electron chi connectivity index (χ3n) is 5.70. The van der Waals surface area contributed by atoms with Gasteiger partial charge in [-0.25, -0.2) is 0 Å². The summed E-state index contributed by atoms with van der Waals surface area (Å²) in [4.78, 5) is 11.8. The second-order valence-electron chi connectivity index (χ2n) is 10.7. The lowest BCUT2D eigenvalue weighted by Gasteiger charge is -2.33. The van der Waals surface area contributed by atoms with Crippen molar-refractivity contribution in [2.45, 2.75) is 77.6 Å². The Labute approximate surface area is 197 Å². The molecule has 0 spiro atoms. The first-order valence-electron chi connectivity index (χ1n) is 11.2. The third kappa shape index (κ3) is 7.47. The van der Waals surface area contributed by atoms with Gasteiger partial charge in [-0.1, -0.05) is 72.7 Å². The van der Waals surface area contributed by atoms with E-state index < -0.39 is 11.4 Å². The van der Waals surface area contributed by atoms with Gasteiger partial charge < -0.3 is 25.5 Å². The fraction of sp³-hybridized carbons (Fsp3) is 0.519. The molecule has 0 bridgehead atoms. The number of rotatable bonds is 6. The number of aliphatic hydroxyl groups is 2.